The highest BCUT2D eigenvalue weighted by Gasteiger charge is 2.33. The Kier molecular flexibility index (Phi) is 4.50. The summed E-state index contributed by atoms with van der Waals surface area (Å²) < 4.78 is 38.6. The van der Waals surface area contributed by atoms with Crippen molar-refractivity contribution in [3.63, 3.8) is 0 Å². The second-order valence-electron chi connectivity index (χ2n) is 6.90. The van der Waals surface area contributed by atoms with E-state index < -0.39 is 9.84 Å². The summed E-state index contributed by atoms with van der Waals surface area (Å²) in [6.07, 6.45) is 0.0425. The zero-order valence-corrected chi connectivity index (χ0v) is 16.0. The Labute approximate surface area is 161 Å². The van der Waals surface area contributed by atoms with E-state index in [4.69, 9.17) is 0 Å². The molecule has 8 heteroatoms. The van der Waals surface area contributed by atoms with Crippen molar-refractivity contribution in [3.8, 4) is 5.69 Å². The Morgan fingerprint density at radius 2 is 1.79 bits per heavy atom. The molecule has 4 rings (SSSR count). The summed E-state index contributed by atoms with van der Waals surface area (Å²) in [6.45, 7) is 1.96. The molecule has 0 aliphatic carbocycles. The van der Waals surface area contributed by atoms with E-state index in [1.54, 1.807) is 16.8 Å². The standard InChI is InChI=1S/C20H18FN3O3S/c1-13-2-8-16(9-3-13)24-20(17-11-28(26,27)12-18(17)23-24)22-19(25)10-14-4-6-15(21)7-5-14/h2-9H,10-12H2,1H3,(H,22,25). The Morgan fingerprint density at radius 1 is 1.11 bits per heavy atom. The lowest BCUT2D eigenvalue weighted by atomic mass is 10.1. The van der Waals surface area contributed by atoms with Gasteiger partial charge in [-0.3, -0.25) is 4.79 Å². The number of rotatable bonds is 4. The number of aryl methyl sites for hydroxylation is 1. The number of fused-ring (bicyclic) bond motifs is 1. The number of anilines is 1. The van der Waals surface area contributed by atoms with Crippen LogP contribution in [0.25, 0.3) is 5.69 Å². The van der Waals surface area contributed by atoms with Crippen molar-refractivity contribution in [2.75, 3.05) is 5.32 Å². The third-order valence-electron chi connectivity index (χ3n) is 4.60. The van der Waals surface area contributed by atoms with Gasteiger partial charge in [0, 0.05) is 5.56 Å². The van der Waals surface area contributed by atoms with Gasteiger partial charge in [0.1, 0.15) is 11.6 Å². The number of hydrogen-bond donors (Lipinski definition) is 1. The lowest BCUT2D eigenvalue weighted by molar-refractivity contribution is -0.115. The van der Waals surface area contributed by atoms with E-state index in [0.29, 0.717) is 22.6 Å². The lowest BCUT2D eigenvalue weighted by Crippen LogP contribution is -2.18. The van der Waals surface area contributed by atoms with E-state index in [2.05, 4.69) is 10.4 Å². The van der Waals surface area contributed by atoms with Crippen LogP contribution in [0.3, 0.4) is 0 Å². The molecule has 2 heterocycles. The van der Waals surface area contributed by atoms with Gasteiger partial charge in [-0.2, -0.15) is 5.10 Å². The predicted octanol–water partition coefficient (Wildman–Crippen LogP) is 2.93. The van der Waals surface area contributed by atoms with Crippen LogP contribution in [-0.2, 0) is 32.6 Å². The lowest BCUT2D eigenvalue weighted by Gasteiger charge is -2.11. The molecule has 0 saturated carbocycles. The molecule has 144 valence electrons. The molecule has 1 amide bonds. The van der Waals surface area contributed by atoms with Crippen LogP contribution in [0.5, 0.6) is 0 Å². The molecule has 1 aliphatic rings. The van der Waals surface area contributed by atoms with E-state index >= 15 is 0 Å². The van der Waals surface area contributed by atoms with Gasteiger partial charge in [-0.1, -0.05) is 29.8 Å². The van der Waals surface area contributed by atoms with Crippen molar-refractivity contribution in [1.29, 1.82) is 0 Å². The first-order valence-electron chi connectivity index (χ1n) is 8.73. The molecule has 6 nitrogen and oxygen atoms in total. The van der Waals surface area contributed by atoms with Gasteiger partial charge in [-0.05, 0) is 36.8 Å². The molecule has 0 bridgehead atoms. The monoisotopic (exact) mass is 399 g/mol. The first-order valence-corrected chi connectivity index (χ1v) is 10.6. The average molecular weight is 399 g/mol. The van der Waals surface area contributed by atoms with Crippen LogP contribution in [0.15, 0.2) is 48.5 Å². The molecule has 1 N–H and O–H groups in total. The molecule has 0 saturated heterocycles. The second-order valence-corrected chi connectivity index (χ2v) is 8.97. The van der Waals surface area contributed by atoms with Crippen molar-refractivity contribution in [2.45, 2.75) is 24.9 Å². The number of hydrogen-bond acceptors (Lipinski definition) is 4. The molecule has 1 aromatic heterocycles. The summed E-state index contributed by atoms with van der Waals surface area (Å²) >= 11 is 0. The third kappa shape index (κ3) is 3.68. The summed E-state index contributed by atoms with van der Waals surface area (Å²) in [4.78, 5) is 12.6. The predicted molar refractivity (Wildman–Crippen MR) is 103 cm³/mol. The van der Waals surface area contributed by atoms with E-state index in [9.17, 15) is 17.6 Å². The molecular weight excluding hydrogens is 381 g/mol. The highest BCUT2D eigenvalue weighted by Crippen LogP contribution is 2.33. The summed E-state index contributed by atoms with van der Waals surface area (Å²) in [7, 11) is -3.26. The fourth-order valence-corrected chi connectivity index (χ4v) is 4.70. The van der Waals surface area contributed by atoms with Gasteiger partial charge in [0.2, 0.25) is 5.91 Å². The van der Waals surface area contributed by atoms with Gasteiger partial charge in [-0.25, -0.2) is 17.5 Å². The largest absolute Gasteiger partial charge is 0.310 e. The fraction of sp³-hybridized carbons (Fsp3) is 0.200. The zero-order chi connectivity index (χ0) is 19.9. The SMILES string of the molecule is Cc1ccc(-n2nc3c(c2NC(=O)Cc2ccc(F)cc2)CS(=O)(=O)C3)cc1. The highest BCUT2D eigenvalue weighted by atomic mass is 32.2. The average Bonchev–Trinajstić information content (AvgIpc) is 3.10. The molecule has 2 aromatic carbocycles. The van der Waals surface area contributed by atoms with Crippen molar-refractivity contribution in [1.82, 2.24) is 9.78 Å². The van der Waals surface area contributed by atoms with Gasteiger partial charge in [0.25, 0.3) is 0 Å². The number of amides is 1. The van der Waals surface area contributed by atoms with Crippen LogP contribution in [0.4, 0.5) is 10.2 Å². The van der Waals surface area contributed by atoms with Crippen molar-refractivity contribution >= 4 is 21.6 Å². The van der Waals surface area contributed by atoms with E-state index in [0.717, 1.165) is 11.3 Å². The molecule has 28 heavy (non-hydrogen) atoms. The van der Waals surface area contributed by atoms with E-state index in [-0.39, 0.29) is 29.7 Å². The number of carbonyl (C=O) groups is 1. The van der Waals surface area contributed by atoms with Gasteiger partial charge < -0.3 is 5.32 Å². The Balaban J connectivity index is 1.67. The third-order valence-corrected chi connectivity index (χ3v) is 6.04. The summed E-state index contributed by atoms with van der Waals surface area (Å²) in [5.74, 6) is -0.619. The molecule has 0 spiro atoms. The number of sulfone groups is 1. The fourth-order valence-electron chi connectivity index (χ4n) is 3.21. The van der Waals surface area contributed by atoms with Crippen molar-refractivity contribution < 1.29 is 17.6 Å². The minimum Gasteiger partial charge on any atom is -0.310 e. The quantitative estimate of drug-likeness (QED) is 0.731. The van der Waals surface area contributed by atoms with Crippen LogP contribution < -0.4 is 5.32 Å². The van der Waals surface area contributed by atoms with Gasteiger partial charge in [0.15, 0.2) is 9.84 Å². The Bertz CT molecular complexity index is 1150. The van der Waals surface area contributed by atoms with Crippen molar-refractivity contribution in [2.24, 2.45) is 0 Å². The molecule has 0 radical (unpaired) electrons. The molecular formula is C20H18FN3O3S. The second kappa shape index (κ2) is 6.87. The highest BCUT2D eigenvalue weighted by molar-refractivity contribution is 7.90. The maximum atomic E-state index is 13.1. The van der Waals surface area contributed by atoms with Crippen LogP contribution in [-0.4, -0.2) is 24.1 Å². The number of halogens is 1. The summed E-state index contributed by atoms with van der Waals surface area (Å²) in [5, 5.41) is 7.24. The van der Waals surface area contributed by atoms with Gasteiger partial charge >= 0.3 is 0 Å². The normalized spacial score (nSPS) is 14.6. The number of benzene rings is 2. The first-order chi connectivity index (χ1) is 13.3. The number of aromatic nitrogens is 2. The Hall–Kier alpha value is -3.00. The van der Waals surface area contributed by atoms with Crippen LogP contribution >= 0.6 is 0 Å². The minimum atomic E-state index is -3.26. The maximum Gasteiger partial charge on any atom is 0.229 e. The number of nitrogens with one attached hydrogen (secondary N) is 1. The van der Waals surface area contributed by atoms with Crippen LogP contribution in [0, 0.1) is 12.7 Å². The van der Waals surface area contributed by atoms with Crippen molar-refractivity contribution in [3.05, 3.63) is 76.7 Å². The van der Waals surface area contributed by atoms with Crippen LogP contribution in [0.1, 0.15) is 22.4 Å². The minimum absolute atomic E-state index is 0.0425. The van der Waals surface area contributed by atoms with E-state index in [1.807, 2.05) is 31.2 Å². The molecule has 0 fully saturated rings. The maximum absolute atomic E-state index is 13.1. The number of nitrogens with zero attached hydrogens (tertiary/aromatic N) is 2. The Morgan fingerprint density at radius 3 is 2.46 bits per heavy atom. The summed E-state index contributed by atoms with van der Waals surface area (Å²) in [6, 6.07) is 13.2. The van der Waals surface area contributed by atoms with Crippen LogP contribution in [0.2, 0.25) is 0 Å². The topological polar surface area (TPSA) is 81.1 Å². The van der Waals surface area contributed by atoms with Gasteiger partial charge in [0.05, 0.1) is 29.3 Å². The van der Waals surface area contributed by atoms with E-state index in [1.165, 1.54) is 12.1 Å². The molecule has 0 unspecified atom stereocenters. The smallest absolute Gasteiger partial charge is 0.229 e. The molecule has 0 atom stereocenters. The zero-order valence-electron chi connectivity index (χ0n) is 15.1. The molecule has 3 aromatic rings. The molecule has 1 aliphatic heterocycles. The van der Waals surface area contributed by atoms with Gasteiger partial charge in [-0.15, -0.1) is 0 Å². The number of carbonyl (C=O) groups excluding carboxylic acids is 1. The first kappa shape index (κ1) is 18.4. The summed E-state index contributed by atoms with van der Waals surface area (Å²) in [5.41, 5.74) is 3.44.